The van der Waals surface area contributed by atoms with E-state index >= 15 is 0 Å². The number of benzene rings is 2. The Hall–Kier alpha value is -3.39. The fourth-order valence-corrected chi connectivity index (χ4v) is 5.20. The lowest BCUT2D eigenvalue weighted by Crippen LogP contribution is -2.25. The maximum atomic E-state index is 12.7. The molecule has 1 unspecified atom stereocenters. The Morgan fingerprint density at radius 1 is 1.13 bits per heavy atom. The highest BCUT2D eigenvalue weighted by Crippen LogP contribution is 2.44. The summed E-state index contributed by atoms with van der Waals surface area (Å²) in [4.78, 5) is 17.5. The van der Waals surface area contributed by atoms with Crippen LogP contribution in [0.2, 0.25) is 0 Å². The number of amides is 1. The van der Waals surface area contributed by atoms with E-state index in [2.05, 4.69) is 18.3 Å². The number of ether oxygens (including phenoxy) is 2. The molecule has 0 fully saturated rings. The number of nitrogens with zero attached hydrogens (tertiary/aromatic N) is 3. The summed E-state index contributed by atoms with van der Waals surface area (Å²) in [5, 5.41) is 8.52. The second-order valence-electron chi connectivity index (χ2n) is 7.64. The Kier molecular flexibility index (Phi) is 4.66. The molecule has 5 rings (SSSR count). The van der Waals surface area contributed by atoms with Gasteiger partial charge < -0.3 is 14.8 Å². The number of fused-ring (bicyclic) bond motifs is 2. The number of carbonyl (C=O) groups is 1. The molecular weight excluding hydrogens is 412 g/mol. The third-order valence-corrected chi connectivity index (χ3v) is 6.62. The molecule has 0 saturated carbocycles. The van der Waals surface area contributed by atoms with Gasteiger partial charge in [0.2, 0.25) is 11.0 Å². The molecule has 2 aromatic heterocycles. The van der Waals surface area contributed by atoms with E-state index in [4.69, 9.17) is 19.6 Å². The van der Waals surface area contributed by atoms with Gasteiger partial charge >= 0.3 is 0 Å². The fraction of sp³-hybridized carbons (Fsp3) is 0.261. The van der Waals surface area contributed by atoms with Gasteiger partial charge in [-0.25, -0.2) is 4.98 Å². The second kappa shape index (κ2) is 7.39. The van der Waals surface area contributed by atoms with Crippen molar-refractivity contribution in [1.29, 1.82) is 0 Å². The average molecular weight is 435 g/mol. The number of nitrogens with one attached hydrogen (secondary N) is 1. The molecule has 1 aliphatic rings. The van der Waals surface area contributed by atoms with Crippen molar-refractivity contribution >= 4 is 33.3 Å². The number of hydrogen-bond donors (Lipinski definition) is 1. The zero-order valence-electron chi connectivity index (χ0n) is 17.7. The Morgan fingerprint density at radius 2 is 1.97 bits per heavy atom. The zero-order valence-corrected chi connectivity index (χ0v) is 18.5. The normalized spacial score (nSPS) is 15.6. The fourth-order valence-electron chi connectivity index (χ4n) is 4.17. The van der Waals surface area contributed by atoms with Crippen molar-refractivity contribution in [3.63, 3.8) is 0 Å². The summed E-state index contributed by atoms with van der Waals surface area (Å²) in [5.74, 6) is 1.84. The van der Waals surface area contributed by atoms with Gasteiger partial charge in [-0.05, 0) is 49.7 Å². The molecule has 7 nitrogen and oxygen atoms in total. The van der Waals surface area contributed by atoms with Crippen molar-refractivity contribution in [2.75, 3.05) is 19.5 Å². The van der Waals surface area contributed by atoms with Gasteiger partial charge in [0.1, 0.15) is 17.3 Å². The van der Waals surface area contributed by atoms with Crippen LogP contribution in [-0.4, -0.2) is 34.9 Å². The molecule has 158 valence electrons. The number of carbonyl (C=O) groups excluding carboxylic acids is 1. The maximum absolute atomic E-state index is 12.7. The van der Waals surface area contributed by atoms with Crippen molar-refractivity contribution in [2.24, 2.45) is 0 Å². The lowest BCUT2D eigenvalue weighted by molar-refractivity contribution is -0.116. The number of anilines is 1. The van der Waals surface area contributed by atoms with E-state index in [1.54, 1.807) is 30.2 Å². The predicted molar refractivity (Wildman–Crippen MR) is 121 cm³/mol. The summed E-state index contributed by atoms with van der Waals surface area (Å²) in [6, 6.07) is 11.8. The number of methoxy groups -OCH3 is 2. The highest BCUT2D eigenvalue weighted by atomic mass is 32.1. The van der Waals surface area contributed by atoms with Crippen molar-refractivity contribution in [3.8, 4) is 16.6 Å². The van der Waals surface area contributed by atoms with E-state index in [0.717, 1.165) is 37.9 Å². The molecule has 8 heteroatoms. The molecule has 0 aliphatic carbocycles. The molecule has 3 heterocycles. The van der Waals surface area contributed by atoms with Crippen LogP contribution in [0.4, 0.5) is 5.82 Å². The molecular formula is C23H22N4O3S. The minimum absolute atomic E-state index is 0.0690. The summed E-state index contributed by atoms with van der Waals surface area (Å²) in [6.45, 7) is 4.02. The predicted octanol–water partition coefficient (Wildman–Crippen LogP) is 4.59. The molecule has 0 radical (unpaired) electrons. The van der Waals surface area contributed by atoms with E-state index in [9.17, 15) is 4.79 Å². The van der Waals surface area contributed by atoms with E-state index in [0.29, 0.717) is 18.0 Å². The Bertz CT molecular complexity index is 1320. The van der Waals surface area contributed by atoms with Crippen LogP contribution < -0.4 is 14.8 Å². The molecule has 31 heavy (non-hydrogen) atoms. The minimum atomic E-state index is -0.195. The molecule has 2 aromatic carbocycles. The van der Waals surface area contributed by atoms with Gasteiger partial charge in [-0.1, -0.05) is 17.4 Å². The minimum Gasteiger partial charge on any atom is -0.497 e. The highest BCUT2D eigenvalue weighted by Gasteiger charge is 2.35. The van der Waals surface area contributed by atoms with Crippen LogP contribution >= 0.6 is 11.3 Å². The first kappa shape index (κ1) is 19.6. The molecule has 1 amide bonds. The Balaban J connectivity index is 1.68. The Labute approximate surface area is 183 Å². The number of thiazole rings is 1. The van der Waals surface area contributed by atoms with Gasteiger partial charge in [0.15, 0.2) is 0 Å². The second-order valence-corrected chi connectivity index (χ2v) is 8.65. The number of hydrogen-bond acceptors (Lipinski definition) is 6. The molecule has 1 atom stereocenters. The van der Waals surface area contributed by atoms with Gasteiger partial charge in [0.25, 0.3) is 0 Å². The number of aromatic nitrogens is 3. The topological polar surface area (TPSA) is 78.3 Å². The van der Waals surface area contributed by atoms with Crippen LogP contribution in [0.25, 0.3) is 15.3 Å². The van der Waals surface area contributed by atoms with Gasteiger partial charge in [0.05, 0.1) is 30.1 Å². The van der Waals surface area contributed by atoms with E-state index in [1.165, 1.54) is 5.56 Å². The molecule has 4 aromatic rings. The van der Waals surface area contributed by atoms with E-state index in [1.807, 2.05) is 37.3 Å². The summed E-state index contributed by atoms with van der Waals surface area (Å²) in [6.07, 6.45) is 0.308. The van der Waals surface area contributed by atoms with Crippen molar-refractivity contribution in [3.05, 3.63) is 58.8 Å². The van der Waals surface area contributed by atoms with Gasteiger partial charge in [-0.2, -0.15) is 9.78 Å². The highest BCUT2D eigenvalue weighted by molar-refractivity contribution is 7.20. The summed E-state index contributed by atoms with van der Waals surface area (Å²) in [7, 11) is 3.26. The van der Waals surface area contributed by atoms with E-state index in [-0.39, 0.29) is 11.8 Å². The third-order valence-electron chi connectivity index (χ3n) is 5.63. The monoisotopic (exact) mass is 434 g/mol. The first-order chi connectivity index (χ1) is 15.0. The van der Waals surface area contributed by atoms with Crippen molar-refractivity contribution < 1.29 is 14.3 Å². The molecule has 0 bridgehead atoms. The SMILES string of the molecule is COc1ccc(OC)c(C2CC(=O)Nc3c2c(C)nn3-c2nc3ccc(C)cc3s2)c1. The summed E-state index contributed by atoms with van der Waals surface area (Å²) < 4.78 is 13.9. The average Bonchev–Trinajstić information content (AvgIpc) is 3.33. The molecule has 0 spiro atoms. The van der Waals surface area contributed by atoms with Gasteiger partial charge in [-0.15, -0.1) is 0 Å². The molecule has 1 N–H and O–H groups in total. The number of rotatable bonds is 4. The van der Waals surface area contributed by atoms with Crippen LogP contribution in [0.5, 0.6) is 11.5 Å². The standard InChI is InChI=1S/C23H22N4O3S/c1-12-5-7-17-19(9-12)31-23(24-17)27-22-21(13(2)26-27)16(11-20(28)25-22)15-10-14(29-3)6-8-18(15)30-4/h5-10,16H,11H2,1-4H3,(H,25,28). The summed E-state index contributed by atoms with van der Waals surface area (Å²) in [5.41, 5.74) is 4.82. The van der Waals surface area contributed by atoms with E-state index < -0.39 is 0 Å². The lowest BCUT2D eigenvalue weighted by Gasteiger charge is -2.25. The quantitative estimate of drug-likeness (QED) is 0.508. The van der Waals surface area contributed by atoms with Crippen molar-refractivity contribution in [1.82, 2.24) is 14.8 Å². The van der Waals surface area contributed by atoms with Crippen LogP contribution in [0.3, 0.4) is 0 Å². The van der Waals surface area contributed by atoms with Crippen LogP contribution in [0.15, 0.2) is 36.4 Å². The Morgan fingerprint density at radius 3 is 2.74 bits per heavy atom. The van der Waals surface area contributed by atoms with Gasteiger partial charge in [0, 0.05) is 23.5 Å². The van der Waals surface area contributed by atoms with Crippen molar-refractivity contribution in [2.45, 2.75) is 26.2 Å². The van der Waals surface area contributed by atoms with Gasteiger partial charge in [-0.3, -0.25) is 4.79 Å². The summed E-state index contributed by atoms with van der Waals surface area (Å²) >= 11 is 1.56. The first-order valence-electron chi connectivity index (χ1n) is 9.97. The first-order valence-corrected chi connectivity index (χ1v) is 10.8. The smallest absolute Gasteiger partial charge is 0.226 e. The number of aryl methyl sites for hydroxylation is 2. The van der Waals surface area contributed by atoms with Crippen LogP contribution in [-0.2, 0) is 4.79 Å². The van der Waals surface area contributed by atoms with Crippen LogP contribution in [0.1, 0.15) is 34.7 Å². The third kappa shape index (κ3) is 3.23. The molecule has 1 aliphatic heterocycles. The maximum Gasteiger partial charge on any atom is 0.226 e. The largest absolute Gasteiger partial charge is 0.497 e. The lowest BCUT2D eigenvalue weighted by atomic mass is 9.85. The van der Waals surface area contributed by atoms with Crippen LogP contribution in [0, 0.1) is 13.8 Å². The zero-order chi connectivity index (χ0) is 21.7. The molecule has 0 saturated heterocycles.